The van der Waals surface area contributed by atoms with Crippen LogP contribution in [0.4, 0.5) is 0 Å². The van der Waals surface area contributed by atoms with Crippen LogP contribution in [0, 0.1) is 6.42 Å². The van der Waals surface area contributed by atoms with Crippen molar-refractivity contribution in [3.8, 4) is 0 Å². The summed E-state index contributed by atoms with van der Waals surface area (Å²) >= 11 is 0. The maximum atomic E-state index is 3.41. The fourth-order valence-electron chi connectivity index (χ4n) is 1.68. The molecule has 0 saturated heterocycles. The molecule has 52 valence electrons. The van der Waals surface area contributed by atoms with Crippen LogP contribution in [-0.2, 0) is 0 Å². The molecule has 10 heavy (non-hydrogen) atoms. The Hall–Kier alpha value is -0.520. The zero-order valence-corrected chi connectivity index (χ0v) is 6.19. The van der Waals surface area contributed by atoms with Crippen LogP contribution in [0.3, 0.4) is 0 Å². The molecule has 0 aromatic heterocycles. The van der Waals surface area contributed by atoms with E-state index in [0.29, 0.717) is 0 Å². The van der Waals surface area contributed by atoms with Crippen LogP contribution < -0.4 is 0 Å². The minimum Gasteiger partial charge on any atom is -0.0839 e. The van der Waals surface area contributed by atoms with E-state index in [9.17, 15) is 0 Å². The summed E-state index contributed by atoms with van der Waals surface area (Å²) in [5, 5.41) is 0. The first-order valence-electron chi connectivity index (χ1n) is 4.09. The van der Waals surface area contributed by atoms with Crippen molar-refractivity contribution in [1.29, 1.82) is 0 Å². The molecule has 0 unspecified atom stereocenters. The highest BCUT2D eigenvalue weighted by atomic mass is 14.2. The molecule has 0 aromatic rings. The Balaban J connectivity index is 2.23. The van der Waals surface area contributed by atoms with Gasteiger partial charge in [-0.25, -0.2) is 0 Å². The van der Waals surface area contributed by atoms with E-state index < -0.39 is 0 Å². The minimum atomic E-state index is 1.17. The Morgan fingerprint density at radius 1 is 1.30 bits per heavy atom. The van der Waals surface area contributed by atoms with Gasteiger partial charge in [0.15, 0.2) is 0 Å². The van der Waals surface area contributed by atoms with E-state index in [2.05, 4.69) is 18.6 Å². The zero-order valence-electron chi connectivity index (χ0n) is 6.19. The third-order valence-corrected chi connectivity index (χ3v) is 2.25. The summed E-state index contributed by atoms with van der Waals surface area (Å²) in [5.74, 6) is 0. The van der Waals surface area contributed by atoms with Gasteiger partial charge in [0.1, 0.15) is 0 Å². The number of allylic oxidation sites excluding steroid dienone is 4. The maximum Gasteiger partial charge on any atom is 0.0164 e. The Bertz CT molecular complexity index is 184. The fourth-order valence-corrected chi connectivity index (χ4v) is 1.68. The molecule has 0 spiro atoms. The summed E-state index contributed by atoms with van der Waals surface area (Å²) in [5.41, 5.74) is 3.06. The first-order chi connectivity index (χ1) is 4.97. The molecule has 2 rings (SSSR count). The van der Waals surface area contributed by atoms with E-state index in [1.807, 2.05) is 0 Å². The van der Waals surface area contributed by atoms with Crippen LogP contribution in [0.25, 0.3) is 0 Å². The number of rotatable bonds is 0. The third-order valence-electron chi connectivity index (χ3n) is 2.25. The lowest BCUT2D eigenvalue weighted by molar-refractivity contribution is 0.719. The van der Waals surface area contributed by atoms with E-state index in [1.165, 1.54) is 37.7 Å². The van der Waals surface area contributed by atoms with Gasteiger partial charge in [0, 0.05) is 6.42 Å². The average Bonchev–Trinajstić information content (AvgIpc) is 2.05. The summed E-state index contributed by atoms with van der Waals surface area (Å²) in [6.45, 7) is 0. The van der Waals surface area contributed by atoms with Crippen LogP contribution in [0.15, 0.2) is 23.3 Å². The molecule has 0 aliphatic heterocycles. The first-order valence-corrected chi connectivity index (χ1v) is 4.09. The van der Waals surface area contributed by atoms with Gasteiger partial charge in [-0.1, -0.05) is 17.7 Å². The van der Waals surface area contributed by atoms with E-state index in [4.69, 9.17) is 0 Å². The summed E-state index contributed by atoms with van der Waals surface area (Å²) in [6.07, 6.45) is 14.3. The molecular formula is C10H12. The average molecular weight is 132 g/mol. The van der Waals surface area contributed by atoms with E-state index in [0.717, 1.165) is 0 Å². The second-order valence-corrected chi connectivity index (χ2v) is 2.99. The molecule has 0 nitrogen and oxygen atoms in total. The van der Waals surface area contributed by atoms with Crippen molar-refractivity contribution < 1.29 is 0 Å². The summed E-state index contributed by atoms with van der Waals surface area (Å²) < 4.78 is 0. The molecule has 2 aliphatic rings. The lowest BCUT2D eigenvalue weighted by atomic mass is 9.86. The van der Waals surface area contributed by atoms with Crippen LogP contribution >= 0.6 is 0 Å². The molecule has 0 fully saturated rings. The van der Waals surface area contributed by atoms with Crippen molar-refractivity contribution in [1.82, 2.24) is 0 Å². The van der Waals surface area contributed by atoms with E-state index in [1.54, 1.807) is 5.57 Å². The van der Waals surface area contributed by atoms with Crippen LogP contribution in [-0.4, -0.2) is 0 Å². The second-order valence-electron chi connectivity index (χ2n) is 2.99. The SMILES string of the molecule is [C]1CCCC2=C1C=CCC2. The quantitative estimate of drug-likeness (QED) is 0.475. The van der Waals surface area contributed by atoms with Crippen molar-refractivity contribution in [3.05, 3.63) is 29.7 Å². The molecule has 2 aliphatic carbocycles. The van der Waals surface area contributed by atoms with Gasteiger partial charge < -0.3 is 0 Å². The predicted octanol–water partition coefficient (Wildman–Crippen LogP) is 2.90. The van der Waals surface area contributed by atoms with Crippen molar-refractivity contribution in [2.75, 3.05) is 0 Å². The van der Waals surface area contributed by atoms with Gasteiger partial charge in [-0.05, 0) is 37.7 Å². The highest BCUT2D eigenvalue weighted by Gasteiger charge is 2.12. The molecule has 2 radical (unpaired) electrons. The lowest BCUT2D eigenvalue weighted by Crippen LogP contribution is -2.01. The van der Waals surface area contributed by atoms with Gasteiger partial charge in [-0.15, -0.1) is 0 Å². The first kappa shape index (κ1) is 6.21. The summed E-state index contributed by atoms with van der Waals surface area (Å²) in [6, 6.07) is 0. The topological polar surface area (TPSA) is 0 Å². The van der Waals surface area contributed by atoms with Gasteiger partial charge in [0.2, 0.25) is 0 Å². The normalized spacial score (nSPS) is 24.8. The van der Waals surface area contributed by atoms with Crippen LogP contribution in [0.2, 0.25) is 0 Å². The minimum absolute atomic E-state index is 1.17. The van der Waals surface area contributed by atoms with Gasteiger partial charge in [-0.2, -0.15) is 0 Å². The smallest absolute Gasteiger partial charge is 0.0164 e. The Morgan fingerprint density at radius 3 is 3.20 bits per heavy atom. The van der Waals surface area contributed by atoms with Crippen molar-refractivity contribution >= 4 is 0 Å². The standard InChI is InChI=1S/C10H12/c1-2-6-10-8-4-3-7-9(10)5-1/h1,5H,2-4,6,8H2. The van der Waals surface area contributed by atoms with E-state index >= 15 is 0 Å². The highest BCUT2D eigenvalue weighted by molar-refractivity contribution is 5.37. The van der Waals surface area contributed by atoms with Crippen molar-refractivity contribution in [2.45, 2.75) is 32.1 Å². The van der Waals surface area contributed by atoms with Gasteiger partial charge in [-0.3, -0.25) is 0 Å². The Kier molecular flexibility index (Phi) is 1.62. The monoisotopic (exact) mass is 132 g/mol. The molecule has 0 N–H and O–H groups in total. The van der Waals surface area contributed by atoms with Gasteiger partial charge in [0.05, 0.1) is 0 Å². The largest absolute Gasteiger partial charge is 0.0839 e. The number of hydrogen-bond acceptors (Lipinski definition) is 0. The summed E-state index contributed by atoms with van der Waals surface area (Å²) in [7, 11) is 0. The van der Waals surface area contributed by atoms with Crippen molar-refractivity contribution in [3.63, 3.8) is 0 Å². The van der Waals surface area contributed by atoms with Crippen LogP contribution in [0.5, 0.6) is 0 Å². The zero-order chi connectivity index (χ0) is 6.81. The Labute approximate surface area is 62.6 Å². The Morgan fingerprint density at radius 2 is 2.30 bits per heavy atom. The van der Waals surface area contributed by atoms with Gasteiger partial charge in [0.25, 0.3) is 0 Å². The van der Waals surface area contributed by atoms with Crippen molar-refractivity contribution in [2.24, 2.45) is 0 Å². The molecule has 0 atom stereocenters. The maximum absolute atomic E-state index is 3.41. The summed E-state index contributed by atoms with van der Waals surface area (Å²) in [4.78, 5) is 0. The molecule has 0 amide bonds. The van der Waals surface area contributed by atoms with Crippen LogP contribution in [0.1, 0.15) is 32.1 Å². The molecule has 0 heterocycles. The molecule has 0 saturated carbocycles. The number of hydrogen-bond donors (Lipinski definition) is 0. The predicted molar refractivity (Wildman–Crippen MR) is 42.5 cm³/mol. The van der Waals surface area contributed by atoms with E-state index in [-0.39, 0.29) is 0 Å². The molecule has 0 heteroatoms. The second kappa shape index (κ2) is 2.61. The fraction of sp³-hybridized carbons (Fsp3) is 0.500. The lowest BCUT2D eigenvalue weighted by Gasteiger charge is -2.19. The highest BCUT2D eigenvalue weighted by Crippen LogP contribution is 2.30. The van der Waals surface area contributed by atoms with Gasteiger partial charge >= 0.3 is 0 Å². The molecule has 0 bridgehead atoms. The molecule has 0 aromatic carbocycles. The third kappa shape index (κ3) is 1.03. The molecular weight excluding hydrogens is 120 g/mol.